The van der Waals surface area contributed by atoms with Crippen molar-refractivity contribution >= 4 is 28.8 Å². The van der Waals surface area contributed by atoms with Gasteiger partial charge in [0, 0.05) is 23.8 Å². The van der Waals surface area contributed by atoms with Crippen LogP contribution in [0.15, 0.2) is 36.7 Å². The Morgan fingerprint density at radius 1 is 1.29 bits per heavy atom. The number of hydrogen-bond donors (Lipinski definition) is 1. The van der Waals surface area contributed by atoms with Crippen molar-refractivity contribution in [3.05, 3.63) is 58.8 Å². The van der Waals surface area contributed by atoms with E-state index in [9.17, 15) is 4.79 Å². The van der Waals surface area contributed by atoms with Crippen molar-refractivity contribution < 1.29 is 4.79 Å². The van der Waals surface area contributed by atoms with Crippen LogP contribution in [0.4, 0.5) is 5.69 Å². The van der Waals surface area contributed by atoms with Crippen molar-refractivity contribution in [1.82, 2.24) is 14.4 Å². The lowest BCUT2D eigenvalue weighted by Gasteiger charge is -2.06. The van der Waals surface area contributed by atoms with Crippen LogP contribution >= 0.6 is 11.6 Å². The molecule has 0 bridgehead atoms. The number of halogens is 1. The Morgan fingerprint density at radius 3 is 2.86 bits per heavy atom. The third-order valence-electron chi connectivity index (χ3n) is 3.13. The van der Waals surface area contributed by atoms with Crippen LogP contribution in [-0.2, 0) is 0 Å². The molecule has 0 spiro atoms. The summed E-state index contributed by atoms with van der Waals surface area (Å²) in [6, 6.07) is 7.08. The molecule has 106 valence electrons. The van der Waals surface area contributed by atoms with Gasteiger partial charge in [0.2, 0.25) is 0 Å². The van der Waals surface area contributed by atoms with Gasteiger partial charge in [0.15, 0.2) is 0 Å². The quantitative estimate of drug-likeness (QED) is 0.790. The van der Waals surface area contributed by atoms with E-state index in [4.69, 9.17) is 11.6 Å². The van der Waals surface area contributed by atoms with Crippen LogP contribution < -0.4 is 5.32 Å². The lowest BCUT2D eigenvalue weighted by atomic mass is 10.3. The van der Waals surface area contributed by atoms with Crippen molar-refractivity contribution in [3.8, 4) is 0 Å². The molecule has 0 atom stereocenters. The first-order chi connectivity index (χ1) is 10.0. The van der Waals surface area contributed by atoms with Gasteiger partial charge in [-0.05, 0) is 38.1 Å². The molecule has 0 aliphatic heterocycles. The van der Waals surface area contributed by atoms with Crippen LogP contribution in [0.5, 0.6) is 0 Å². The summed E-state index contributed by atoms with van der Waals surface area (Å²) in [5.41, 5.74) is 3.35. The molecule has 21 heavy (non-hydrogen) atoms. The number of anilines is 1. The number of nitrogens with zero attached hydrogens (tertiary/aromatic N) is 3. The third-order valence-corrected chi connectivity index (χ3v) is 3.35. The molecule has 3 rings (SSSR count). The molecule has 1 amide bonds. The van der Waals surface area contributed by atoms with Gasteiger partial charge in [-0.1, -0.05) is 11.6 Å². The van der Waals surface area contributed by atoms with Gasteiger partial charge in [0.05, 0.1) is 10.7 Å². The second-order valence-electron chi connectivity index (χ2n) is 4.76. The molecule has 3 aromatic heterocycles. The smallest absolute Gasteiger partial charge is 0.274 e. The Morgan fingerprint density at radius 2 is 2.10 bits per heavy atom. The lowest BCUT2D eigenvalue weighted by molar-refractivity contribution is 0.102. The van der Waals surface area contributed by atoms with Gasteiger partial charge >= 0.3 is 0 Å². The van der Waals surface area contributed by atoms with Crippen molar-refractivity contribution in [2.75, 3.05) is 5.32 Å². The fourth-order valence-corrected chi connectivity index (χ4v) is 2.38. The maximum atomic E-state index is 12.5. The molecular weight excluding hydrogens is 288 g/mol. The number of rotatable bonds is 2. The Labute approximate surface area is 126 Å². The Hall–Kier alpha value is -2.40. The predicted molar refractivity (Wildman–Crippen MR) is 81.9 cm³/mol. The number of nitrogens with one attached hydrogen (secondary N) is 1. The van der Waals surface area contributed by atoms with Crippen LogP contribution in [0.3, 0.4) is 0 Å². The standard InChI is InChI=1S/C15H13ClN4O/c1-9-7-12(5-6-17-9)19-15(21)14-10(2)18-13-4-3-11(16)8-20(13)14/h3-8H,1-2H3,(H,17,19,21). The number of amides is 1. The molecular formula is C15H13ClN4O. The summed E-state index contributed by atoms with van der Waals surface area (Å²) >= 11 is 6.00. The molecule has 0 unspecified atom stereocenters. The van der Waals surface area contributed by atoms with Crippen molar-refractivity contribution in [2.24, 2.45) is 0 Å². The van der Waals surface area contributed by atoms with Gasteiger partial charge in [0.25, 0.3) is 5.91 Å². The van der Waals surface area contributed by atoms with Gasteiger partial charge in [-0.2, -0.15) is 0 Å². The molecule has 0 aliphatic carbocycles. The number of aryl methyl sites for hydroxylation is 2. The Kier molecular flexibility index (Phi) is 3.35. The molecule has 0 saturated heterocycles. The normalized spacial score (nSPS) is 10.8. The Bertz CT molecular complexity index is 841. The summed E-state index contributed by atoms with van der Waals surface area (Å²) in [4.78, 5) is 21.0. The van der Waals surface area contributed by atoms with E-state index in [1.54, 1.807) is 41.9 Å². The molecule has 0 radical (unpaired) electrons. The van der Waals surface area contributed by atoms with Crippen LogP contribution in [0.1, 0.15) is 21.9 Å². The average Bonchev–Trinajstić information content (AvgIpc) is 2.74. The first-order valence-electron chi connectivity index (χ1n) is 6.43. The SMILES string of the molecule is Cc1cc(NC(=O)c2c(C)nc3ccc(Cl)cn23)ccn1. The minimum Gasteiger partial charge on any atom is -0.321 e. The van der Waals surface area contributed by atoms with E-state index in [1.165, 1.54) is 0 Å². The van der Waals surface area contributed by atoms with E-state index >= 15 is 0 Å². The number of hydrogen-bond acceptors (Lipinski definition) is 3. The van der Waals surface area contributed by atoms with Crippen molar-refractivity contribution in [1.29, 1.82) is 0 Å². The average molecular weight is 301 g/mol. The second-order valence-corrected chi connectivity index (χ2v) is 5.20. The van der Waals surface area contributed by atoms with Gasteiger partial charge in [-0.25, -0.2) is 4.98 Å². The molecule has 1 N–H and O–H groups in total. The summed E-state index contributed by atoms with van der Waals surface area (Å²) in [6.45, 7) is 3.67. The summed E-state index contributed by atoms with van der Waals surface area (Å²) in [5, 5.41) is 3.40. The third kappa shape index (κ3) is 2.60. The van der Waals surface area contributed by atoms with E-state index in [1.807, 2.05) is 13.0 Å². The number of pyridine rings is 2. The highest BCUT2D eigenvalue weighted by molar-refractivity contribution is 6.30. The fourth-order valence-electron chi connectivity index (χ4n) is 2.22. The zero-order valence-electron chi connectivity index (χ0n) is 11.6. The van der Waals surface area contributed by atoms with Crippen LogP contribution in [0, 0.1) is 13.8 Å². The molecule has 0 aliphatic rings. The first kappa shape index (κ1) is 13.6. The minimum absolute atomic E-state index is 0.229. The van der Waals surface area contributed by atoms with E-state index < -0.39 is 0 Å². The van der Waals surface area contributed by atoms with Crippen molar-refractivity contribution in [2.45, 2.75) is 13.8 Å². The van der Waals surface area contributed by atoms with Crippen LogP contribution in [-0.4, -0.2) is 20.3 Å². The summed E-state index contributed by atoms with van der Waals surface area (Å²) in [6.07, 6.45) is 3.34. The number of carbonyl (C=O) groups is 1. The van der Waals surface area contributed by atoms with Gasteiger partial charge in [0.1, 0.15) is 11.3 Å². The van der Waals surface area contributed by atoms with Crippen LogP contribution in [0.25, 0.3) is 5.65 Å². The predicted octanol–water partition coefficient (Wildman–Crippen LogP) is 3.25. The topological polar surface area (TPSA) is 59.3 Å². The molecule has 5 nitrogen and oxygen atoms in total. The maximum absolute atomic E-state index is 12.5. The van der Waals surface area contributed by atoms with E-state index in [-0.39, 0.29) is 5.91 Å². The summed E-state index contributed by atoms with van der Waals surface area (Å²) in [7, 11) is 0. The number of carbonyl (C=O) groups excluding carboxylic acids is 1. The molecule has 0 saturated carbocycles. The fraction of sp³-hybridized carbons (Fsp3) is 0.133. The highest BCUT2D eigenvalue weighted by Gasteiger charge is 2.17. The lowest BCUT2D eigenvalue weighted by Crippen LogP contribution is -2.15. The highest BCUT2D eigenvalue weighted by Crippen LogP contribution is 2.18. The summed E-state index contributed by atoms with van der Waals surface area (Å²) < 4.78 is 1.70. The summed E-state index contributed by atoms with van der Waals surface area (Å²) in [5.74, 6) is -0.229. The monoisotopic (exact) mass is 300 g/mol. The van der Waals surface area contributed by atoms with E-state index in [0.717, 1.165) is 5.69 Å². The minimum atomic E-state index is -0.229. The molecule has 3 aromatic rings. The zero-order valence-corrected chi connectivity index (χ0v) is 12.3. The first-order valence-corrected chi connectivity index (χ1v) is 6.80. The Balaban J connectivity index is 2.01. The molecule has 6 heteroatoms. The highest BCUT2D eigenvalue weighted by atomic mass is 35.5. The second kappa shape index (κ2) is 5.18. The van der Waals surface area contributed by atoms with Gasteiger partial charge in [-0.15, -0.1) is 0 Å². The van der Waals surface area contributed by atoms with E-state index in [0.29, 0.717) is 27.7 Å². The number of imidazole rings is 1. The molecule has 3 heterocycles. The van der Waals surface area contributed by atoms with Gasteiger partial charge in [-0.3, -0.25) is 14.2 Å². The number of aromatic nitrogens is 3. The maximum Gasteiger partial charge on any atom is 0.274 e. The van der Waals surface area contributed by atoms with Gasteiger partial charge < -0.3 is 5.32 Å². The molecule has 0 aromatic carbocycles. The largest absolute Gasteiger partial charge is 0.321 e. The van der Waals surface area contributed by atoms with Crippen molar-refractivity contribution in [3.63, 3.8) is 0 Å². The van der Waals surface area contributed by atoms with Crippen LogP contribution in [0.2, 0.25) is 5.02 Å². The number of fused-ring (bicyclic) bond motifs is 1. The zero-order chi connectivity index (χ0) is 15.0. The molecule has 0 fully saturated rings. The van der Waals surface area contributed by atoms with E-state index in [2.05, 4.69) is 15.3 Å².